The molecule has 106 valence electrons. The minimum Gasteiger partial charge on any atom is -0.339 e. The maximum Gasteiger partial charge on any atom is 0.272 e. The largest absolute Gasteiger partial charge is 0.339 e. The van der Waals surface area contributed by atoms with Gasteiger partial charge in [0.25, 0.3) is 5.69 Å². The van der Waals surface area contributed by atoms with Crippen LogP contribution >= 0.6 is 0 Å². The van der Waals surface area contributed by atoms with Crippen LogP contribution in [-0.4, -0.2) is 21.6 Å². The minimum atomic E-state index is -0.361. The second-order valence-corrected chi connectivity index (χ2v) is 4.48. The minimum absolute atomic E-state index is 0.150. The van der Waals surface area contributed by atoms with Gasteiger partial charge in [0.15, 0.2) is 5.82 Å². The molecular weight excluding hydrogens is 260 g/mol. The lowest BCUT2D eigenvalue weighted by molar-refractivity contribution is -0.385. The summed E-state index contributed by atoms with van der Waals surface area (Å²) in [4.78, 5) is 14.6. The molecular formula is C13H16N4O3. The van der Waals surface area contributed by atoms with Crippen LogP contribution < -0.4 is 5.32 Å². The summed E-state index contributed by atoms with van der Waals surface area (Å²) in [5.41, 5.74) is 1.76. The van der Waals surface area contributed by atoms with Gasteiger partial charge in [0.2, 0.25) is 5.89 Å². The van der Waals surface area contributed by atoms with E-state index in [1.54, 1.807) is 19.9 Å². The summed E-state index contributed by atoms with van der Waals surface area (Å²) in [6, 6.07) is 5.09. The highest BCUT2D eigenvalue weighted by Crippen LogP contribution is 2.20. The first-order chi connectivity index (χ1) is 9.58. The summed E-state index contributed by atoms with van der Waals surface area (Å²) in [6.07, 6.45) is 0.634. The smallest absolute Gasteiger partial charge is 0.272 e. The first kappa shape index (κ1) is 14.1. The topological polar surface area (TPSA) is 94.1 Å². The number of aryl methyl sites for hydroxylation is 1. The van der Waals surface area contributed by atoms with Crippen LogP contribution in [-0.2, 0) is 13.0 Å². The normalized spacial score (nSPS) is 10.7. The molecule has 0 atom stereocenters. The van der Waals surface area contributed by atoms with Crippen LogP contribution in [0, 0.1) is 24.0 Å². The van der Waals surface area contributed by atoms with E-state index >= 15 is 0 Å². The summed E-state index contributed by atoms with van der Waals surface area (Å²) < 4.78 is 5.00. The van der Waals surface area contributed by atoms with E-state index in [2.05, 4.69) is 15.5 Å². The van der Waals surface area contributed by atoms with Crippen LogP contribution in [0.25, 0.3) is 0 Å². The molecule has 7 heteroatoms. The van der Waals surface area contributed by atoms with Crippen molar-refractivity contribution in [1.82, 2.24) is 15.5 Å². The van der Waals surface area contributed by atoms with Crippen molar-refractivity contribution in [2.75, 3.05) is 6.54 Å². The second kappa shape index (κ2) is 6.25. The molecule has 1 aromatic heterocycles. The second-order valence-electron chi connectivity index (χ2n) is 4.48. The van der Waals surface area contributed by atoms with E-state index in [4.69, 9.17) is 4.52 Å². The fourth-order valence-corrected chi connectivity index (χ4v) is 1.92. The van der Waals surface area contributed by atoms with Crippen molar-refractivity contribution in [3.63, 3.8) is 0 Å². The molecule has 0 fully saturated rings. The third kappa shape index (κ3) is 3.39. The Morgan fingerprint density at radius 1 is 1.40 bits per heavy atom. The molecule has 0 saturated carbocycles. The quantitative estimate of drug-likeness (QED) is 0.492. The van der Waals surface area contributed by atoms with Gasteiger partial charge in [-0.3, -0.25) is 10.1 Å². The van der Waals surface area contributed by atoms with Gasteiger partial charge in [0, 0.05) is 31.1 Å². The van der Waals surface area contributed by atoms with E-state index in [1.807, 2.05) is 6.07 Å². The summed E-state index contributed by atoms with van der Waals surface area (Å²) in [5, 5.41) is 17.8. The zero-order valence-corrected chi connectivity index (χ0v) is 11.4. The Labute approximate surface area is 116 Å². The van der Waals surface area contributed by atoms with Crippen molar-refractivity contribution in [2.24, 2.45) is 0 Å². The summed E-state index contributed by atoms with van der Waals surface area (Å²) in [7, 11) is 0. The molecule has 1 heterocycles. The van der Waals surface area contributed by atoms with Crippen molar-refractivity contribution < 1.29 is 9.45 Å². The third-order valence-electron chi connectivity index (χ3n) is 3.01. The van der Waals surface area contributed by atoms with Gasteiger partial charge in [0.05, 0.1) is 4.92 Å². The molecule has 0 bridgehead atoms. The molecule has 0 saturated heterocycles. The average Bonchev–Trinajstić information content (AvgIpc) is 2.82. The fourth-order valence-electron chi connectivity index (χ4n) is 1.92. The van der Waals surface area contributed by atoms with E-state index in [0.29, 0.717) is 36.8 Å². The van der Waals surface area contributed by atoms with E-state index in [0.717, 1.165) is 5.56 Å². The van der Waals surface area contributed by atoms with Gasteiger partial charge in [0.1, 0.15) is 0 Å². The lowest BCUT2D eigenvalue weighted by Crippen LogP contribution is -2.17. The molecule has 0 spiro atoms. The lowest BCUT2D eigenvalue weighted by Gasteiger charge is -2.07. The van der Waals surface area contributed by atoms with Crippen molar-refractivity contribution in [1.29, 1.82) is 0 Å². The highest BCUT2D eigenvalue weighted by molar-refractivity contribution is 5.44. The van der Waals surface area contributed by atoms with E-state index < -0.39 is 0 Å². The van der Waals surface area contributed by atoms with Gasteiger partial charge < -0.3 is 9.84 Å². The van der Waals surface area contributed by atoms with E-state index in [1.165, 1.54) is 6.07 Å². The van der Waals surface area contributed by atoms with Crippen molar-refractivity contribution >= 4 is 5.69 Å². The fraction of sp³-hybridized carbons (Fsp3) is 0.385. The predicted molar refractivity (Wildman–Crippen MR) is 72.3 cm³/mol. The number of nitro benzene ring substituents is 1. The molecule has 1 N–H and O–H groups in total. The molecule has 0 aliphatic carbocycles. The number of nitrogens with zero attached hydrogens (tertiary/aromatic N) is 3. The first-order valence-electron chi connectivity index (χ1n) is 6.30. The molecule has 0 aliphatic heterocycles. The highest BCUT2D eigenvalue weighted by Gasteiger charge is 2.12. The SMILES string of the molecule is Cc1noc(CCNCc2cccc([N+](=O)[O-])c2C)n1. The van der Waals surface area contributed by atoms with Gasteiger partial charge >= 0.3 is 0 Å². The van der Waals surface area contributed by atoms with Crippen LogP contribution in [0.2, 0.25) is 0 Å². The van der Waals surface area contributed by atoms with E-state index in [-0.39, 0.29) is 10.6 Å². The third-order valence-corrected chi connectivity index (χ3v) is 3.01. The average molecular weight is 276 g/mol. The van der Waals surface area contributed by atoms with Gasteiger partial charge in [-0.2, -0.15) is 4.98 Å². The molecule has 0 aliphatic rings. The Hall–Kier alpha value is -2.28. The summed E-state index contributed by atoms with van der Waals surface area (Å²) in [5.74, 6) is 1.21. The van der Waals surface area contributed by atoms with E-state index in [9.17, 15) is 10.1 Å². The van der Waals surface area contributed by atoms with Gasteiger partial charge in [-0.1, -0.05) is 17.3 Å². The van der Waals surface area contributed by atoms with Gasteiger partial charge in [-0.15, -0.1) is 0 Å². The maximum absolute atomic E-state index is 10.8. The number of nitro groups is 1. The molecule has 0 radical (unpaired) electrons. The monoisotopic (exact) mass is 276 g/mol. The number of aromatic nitrogens is 2. The number of nitrogens with one attached hydrogen (secondary N) is 1. The zero-order valence-electron chi connectivity index (χ0n) is 11.4. The van der Waals surface area contributed by atoms with Crippen molar-refractivity contribution in [3.05, 3.63) is 51.2 Å². The number of hydrogen-bond acceptors (Lipinski definition) is 6. The molecule has 2 rings (SSSR count). The Bertz CT molecular complexity index is 609. The molecule has 0 amide bonds. The lowest BCUT2D eigenvalue weighted by atomic mass is 10.1. The Morgan fingerprint density at radius 2 is 2.20 bits per heavy atom. The van der Waals surface area contributed by atoms with Gasteiger partial charge in [-0.05, 0) is 19.4 Å². The van der Waals surface area contributed by atoms with Crippen LogP contribution in [0.5, 0.6) is 0 Å². The predicted octanol–water partition coefficient (Wildman–Crippen LogP) is 1.93. The molecule has 20 heavy (non-hydrogen) atoms. The Morgan fingerprint density at radius 3 is 2.85 bits per heavy atom. The van der Waals surface area contributed by atoms with Crippen LogP contribution in [0.15, 0.2) is 22.7 Å². The summed E-state index contributed by atoms with van der Waals surface area (Å²) in [6.45, 7) is 4.77. The van der Waals surface area contributed by atoms with Gasteiger partial charge in [-0.25, -0.2) is 0 Å². The molecule has 7 nitrogen and oxygen atoms in total. The molecule has 1 aromatic carbocycles. The highest BCUT2D eigenvalue weighted by atomic mass is 16.6. The van der Waals surface area contributed by atoms with Crippen molar-refractivity contribution in [2.45, 2.75) is 26.8 Å². The number of rotatable bonds is 6. The maximum atomic E-state index is 10.8. The van der Waals surface area contributed by atoms with Crippen LogP contribution in [0.4, 0.5) is 5.69 Å². The molecule has 2 aromatic rings. The van der Waals surface area contributed by atoms with Crippen molar-refractivity contribution in [3.8, 4) is 0 Å². The summed E-state index contributed by atoms with van der Waals surface area (Å²) >= 11 is 0. The number of hydrogen-bond donors (Lipinski definition) is 1. The zero-order chi connectivity index (χ0) is 14.5. The van der Waals surface area contributed by atoms with Crippen LogP contribution in [0.1, 0.15) is 22.8 Å². The Balaban J connectivity index is 1.88. The first-order valence-corrected chi connectivity index (χ1v) is 6.30. The molecule has 0 unspecified atom stereocenters. The number of benzene rings is 1. The Kier molecular flexibility index (Phi) is 4.41. The standard InChI is InChI=1S/C13H16N4O3/c1-9-11(4-3-5-12(9)17(18)19)8-14-7-6-13-15-10(2)16-20-13/h3-5,14H,6-8H2,1-2H3. The van der Waals surface area contributed by atoms with Crippen LogP contribution in [0.3, 0.4) is 0 Å².